The Labute approximate surface area is 122 Å². The first-order chi connectivity index (χ1) is 9.94. The van der Waals surface area contributed by atoms with Gasteiger partial charge < -0.3 is 20.5 Å². The molecule has 8 heteroatoms. The summed E-state index contributed by atoms with van der Waals surface area (Å²) in [5.74, 6) is -0.661. The van der Waals surface area contributed by atoms with Gasteiger partial charge in [0.25, 0.3) is 0 Å². The zero-order valence-electron chi connectivity index (χ0n) is 10.5. The number of nitrogens with one attached hydrogen (secondary N) is 1. The van der Waals surface area contributed by atoms with Gasteiger partial charge in [-0.1, -0.05) is 6.07 Å². The number of carbonyl (C=O) groups is 1. The molecule has 0 saturated carbocycles. The highest BCUT2D eigenvalue weighted by Crippen LogP contribution is 2.42. The number of fused-ring (bicyclic) bond motifs is 1. The van der Waals surface area contributed by atoms with E-state index in [1.54, 1.807) is 12.1 Å². The third-order valence-electron chi connectivity index (χ3n) is 2.80. The molecule has 1 aliphatic heterocycles. The number of ether oxygens (including phenoxy) is 2. The maximum atomic E-state index is 12.9. The minimum Gasteiger partial charge on any atom is -0.395 e. The summed E-state index contributed by atoms with van der Waals surface area (Å²) in [6.45, 7) is 0. The molecular weight excluding hydrogens is 302 g/mol. The van der Waals surface area contributed by atoms with Crippen molar-refractivity contribution < 1.29 is 23.0 Å². The van der Waals surface area contributed by atoms with Gasteiger partial charge >= 0.3 is 6.29 Å². The summed E-state index contributed by atoms with van der Waals surface area (Å²) < 4.78 is 34.4. The summed E-state index contributed by atoms with van der Waals surface area (Å²) >= 11 is 1.36. The second-order valence-electron chi connectivity index (χ2n) is 4.31. The van der Waals surface area contributed by atoms with Crippen molar-refractivity contribution in [2.75, 3.05) is 5.32 Å². The van der Waals surface area contributed by atoms with Gasteiger partial charge in [0.05, 0.1) is 0 Å². The van der Waals surface area contributed by atoms with Gasteiger partial charge in [0.15, 0.2) is 11.5 Å². The van der Waals surface area contributed by atoms with E-state index in [2.05, 4.69) is 14.8 Å². The number of benzene rings is 1. The van der Waals surface area contributed by atoms with Crippen molar-refractivity contribution in [1.29, 1.82) is 0 Å². The molecule has 1 aliphatic rings. The fourth-order valence-electron chi connectivity index (χ4n) is 1.84. The van der Waals surface area contributed by atoms with E-state index in [0.29, 0.717) is 10.6 Å². The van der Waals surface area contributed by atoms with Crippen molar-refractivity contribution in [2.24, 2.45) is 5.73 Å². The van der Waals surface area contributed by atoms with E-state index in [0.717, 1.165) is 0 Å². The summed E-state index contributed by atoms with van der Waals surface area (Å²) in [5.41, 5.74) is 6.11. The quantitative estimate of drug-likeness (QED) is 0.914. The molecule has 1 amide bonds. The van der Waals surface area contributed by atoms with Crippen molar-refractivity contribution in [3.05, 3.63) is 40.6 Å². The summed E-state index contributed by atoms with van der Waals surface area (Å²) in [7, 11) is 0. The van der Waals surface area contributed by atoms with Crippen LogP contribution >= 0.6 is 11.3 Å². The van der Waals surface area contributed by atoms with Gasteiger partial charge in [-0.2, -0.15) is 0 Å². The van der Waals surface area contributed by atoms with Crippen LogP contribution in [0.15, 0.2) is 35.7 Å². The largest absolute Gasteiger partial charge is 0.586 e. The molecule has 2 heterocycles. The average Bonchev–Trinajstić information content (AvgIpc) is 3.02. The van der Waals surface area contributed by atoms with Crippen LogP contribution in [0.5, 0.6) is 11.5 Å². The van der Waals surface area contributed by atoms with Gasteiger partial charge in [-0.3, -0.25) is 4.79 Å². The van der Waals surface area contributed by atoms with Crippen molar-refractivity contribution in [2.45, 2.75) is 12.3 Å². The lowest BCUT2D eigenvalue weighted by molar-refractivity contribution is -0.286. The van der Waals surface area contributed by atoms with E-state index >= 15 is 0 Å². The Hall–Kier alpha value is -2.19. The first-order valence-corrected chi connectivity index (χ1v) is 6.82. The topological polar surface area (TPSA) is 73.6 Å². The first kappa shape index (κ1) is 13.8. The maximum Gasteiger partial charge on any atom is 0.586 e. The number of hydrogen-bond acceptors (Lipinski definition) is 5. The highest BCUT2D eigenvalue weighted by Gasteiger charge is 2.43. The molecule has 0 radical (unpaired) electrons. The molecule has 0 saturated heterocycles. The lowest BCUT2D eigenvalue weighted by Crippen LogP contribution is -2.27. The molecule has 1 aromatic heterocycles. The van der Waals surface area contributed by atoms with Crippen LogP contribution in [-0.2, 0) is 4.79 Å². The van der Waals surface area contributed by atoms with Crippen molar-refractivity contribution >= 4 is 22.9 Å². The van der Waals surface area contributed by atoms with E-state index in [-0.39, 0.29) is 11.5 Å². The van der Waals surface area contributed by atoms with Gasteiger partial charge in [-0.25, -0.2) is 0 Å². The Bertz CT molecular complexity index is 676. The van der Waals surface area contributed by atoms with Crippen LogP contribution in [0.4, 0.5) is 14.5 Å². The van der Waals surface area contributed by atoms with Crippen molar-refractivity contribution in [1.82, 2.24) is 0 Å². The van der Waals surface area contributed by atoms with E-state index in [4.69, 9.17) is 5.73 Å². The summed E-state index contributed by atoms with van der Waals surface area (Å²) in [6.07, 6.45) is -3.68. The molecule has 2 aromatic rings. The molecular formula is C13H10F2N2O3S. The molecule has 1 unspecified atom stereocenters. The first-order valence-electron chi connectivity index (χ1n) is 5.94. The highest BCUT2D eigenvalue weighted by molar-refractivity contribution is 7.10. The maximum absolute atomic E-state index is 12.9. The molecule has 1 aromatic carbocycles. The monoisotopic (exact) mass is 312 g/mol. The third-order valence-corrected chi connectivity index (χ3v) is 3.76. The Morgan fingerprint density at radius 1 is 1.29 bits per heavy atom. The molecule has 5 nitrogen and oxygen atoms in total. The normalized spacial score (nSPS) is 16.5. The lowest BCUT2D eigenvalue weighted by atomic mass is 10.2. The highest BCUT2D eigenvalue weighted by atomic mass is 32.1. The van der Waals surface area contributed by atoms with Crippen LogP contribution in [0.2, 0.25) is 0 Å². The summed E-state index contributed by atoms with van der Waals surface area (Å²) in [4.78, 5) is 12.7. The minimum atomic E-state index is -3.68. The predicted octanol–water partition coefficient (Wildman–Crippen LogP) is 2.71. The van der Waals surface area contributed by atoms with Crippen LogP contribution in [0.3, 0.4) is 0 Å². The molecule has 3 rings (SSSR count). The molecule has 21 heavy (non-hydrogen) atoms. The Morgan fingerprint density at radius 3 is 2.76 bits per heavy atom. The van der Waals surface area contributed by atoms with Crippen LogP contribution < -0.4 is 20.5 Å². The standard InChI is InChI=1S/C13H10F2N2O3S/c14-13(15)19-8-4-3-7(6-9(8)20-13)17-12(18)11(16)10-2-1-5-21-10/h1-6,11H,16H2,(H,17,18). The van der Waals surface area contributed by atoms with Gasteiger partial charge in [0.1, 0.15) is 6.04 Å². The second kappa shape index (κ2) is 4.97. The van der Waals surface area contributed by atoms with Crippen molar-refractivity contribution in [3.63, 3.8) is 0 Å². The van der Waals surface area contributed by atoms with Crippen molar-refractivity contribution in [3.8, 4) is 11.5 Å². The lowest BCUT2D eigenvalue weighted by Gasteiger charge is -2.11. The number of rotatable bonds is 3. The molecule has 110 valence electrons. The summed E-state index contributed by atoms with van der Waals surface area (Å²) in [5, 5.41) is 4.36. The third kappa shape index (κ3) is 2.81. The Balaban J connectivity index is 1.73. The second-order valence-corrected chi connectivity index (χ2v) is 5.29. The number of carbonyl (C=O) groups excluding carboxylic acids is 1. The van der Waals surface area contributed by atoms with E-state index in [1.807, 2.05) is 5.38 Å². The zero-order valence-corrected chi connectivity index (χ0v) is 11.3. The Kier molecular flexibility index (Phi) is 3.26. The molecule has 0 aliphatic carbocycles. The fraction of sp³-hybridized carbons (Fsp3) is 0.154. The Morgan fingerprint density at radius 2 is 2.05 bits per heavy atom. The van der Waals surface area contributed by atoms with Crippen LogP contribution in [-0.4, -0.2) is 12.2 Å². The van der Waals surface area contributed by atoms with E-state index in [9.17, 15) is 13.6 Å². The smallest absolute Gasteiger partial charge is 0.395 e. The number of halogens is 2. The fourth-order valence-corrected chi connectivity index (χ4v) is 2.57. The molecule has 1 atom stereocenters. The number of amides is 1. The van der Waals surface area contributed by atoms with E-state index in [1.165, 1.54) is 29.5 Å². The predicted molar refractivity (Wildman–Crippen MR) is 72.5 cm³/mol. The average molecular weight is 312 g/mol. The molecule has 0 spiro atoms. The van der Waals surface area contributed by atoms with E-state index < -0.39 is 18.2 Å². The summed E-state index contributed by atoms with van der Waals surface area (Å²) in [6, 6.07) is 6.70. The van der Waals surface area contributed by atoms with Crippen LogP contribution in [0.25, 0.3) is 0 Å². The number of anilines is 1. The minimum absolute atomic E-state index is 0.0828. The SMILES string of the molecule is NC(C(=O)Nc1ccc2c(c1)OC(F)(F)O2)c1cccs1. The number of nitrogens with two attached hydrogens (primary N) is 1. The van der Waals surface area contributed by atoms with Gasteiger partial charge in [-0.05, 0) is 23.6 Å². The molecule has 3 N–H and O–H groups in total. The zero-order chi connectivity index (χ0) is 15.0. The number of hydrogen-bond donors (Lipinski definition) is 2. The molecule has 0 fully saturated rings. The number of thiophene rings is 1. The van der Waals surface area contributed by atoms with Crippen LogP contribution in [0, 0.1) is 0 Å². The van der Waals surface area contributed by atoms with Gasteiger partial charge in [0, 0.05) is 16.6 Å². The number of alkyl halides is 2. The van der Waals surface area contributed by atoms with Gasteiger partial charge in [-0.15, -0.1) is 20.1 Å². The van der Waals surface area contributed by atoms with Gasteiger partial charge in [0.2, 0.25) is 5.91 Å². The molecule has 0 bridgehead atoms. The van der Waals surface area contributed by atoms with Crippen LogP contribution in [0.1, 0.15) is 10.9 Å².